The van der Waals surface area contributed by atoms with Crippen LogP contribution in [0.4, 0.5) is 5.69 Å². The number of aromatic nitrogens is 1. The maximum atomic E-state index is 14.4. The van der Waals surface area contributed by atoms with Crippen LogP contribution in [0.25, 0.3) is 22.4 Å². The van der Waals surface area contributed by atoms with Gasteiger partial charge in [-0.1, -0.05) is 42.0 Å². The standard InChI is InChI=1S/C43H47N3O/c1-28-11-13-40(14-12-28)46(43(47)37-10-8-9-36(26-37)38-21-29(2)33(6)30(3)22-38)41-16-19-45(20-17-41)27-35-15-18-44-42(25-35)39-23-31(4)34(7)32(5)24-39/h8-15,18,21-26,41H,16-17,19-20,27H2,1-7H3. The summed E-state index contributed by atoms with van der Waals surface area (Å²) in [5.74, 6) is 0.0668. The number of benzene rings is 4. The summed E-state index contributed by atoms with van der Waals surface area (Å²) in [6, 6.07) is 30.0. The largest absolute Gasteiger partial charge is 0.305 e. The van der Waals surface area contributed by atoms with Gasteiger partial charge in [0.25, 0.3) is 5.91 Å². The van der Waals surface area contributed by atoms with Crippen molar-refractivity contribution in [3.8, 4) is 22.4 Å². The molecule has 1 aliphatic rings. The number of hydrogen-bond donors (Lipinski definition) is 0. The van der Waals surface area contributed by atoms with Crippen LogP contribution in [0.5, 0.6) is 0 Å². The highest BCUT2D eigenvalue weighted by molar-refractivity contribution is 6.07. The summed E-state index contributed by atoms with van der Waals surface area (Å²) in [4.78, 5) is 23.7. The Bertz CT molecular complexity index is 1870. The highest BCUT2D eigenvalue weighted by atomic mass is 16.2. The van der Waals surface area contributed by atoms with Gasteiger partial charge in [0.15, 0.2) is 0 Å². The second-order valence-corrected chi connectivity index (χ2v) is 13.6. The number of piperidine rings is 1. The molecule has 1 aromatic heterocycles. The van der Waals surface area contributed by atoms with Crippen LogP contribution in [0.1, 0.15) is 67.7 Å². The summed E-state index contributed by atoms with van der Waals surface area (Å²) in [5, 5.41) is 0. The van der Waals surface area contributed by atoms with E-state index < -0.39 is 0 Å². The predicted molar refractivity (Wildman–Crippen MR) is 196 cm³/mol. The van der Waals surface area contributed by atoms with Gasteiger partial charge in [-0.05, 0) is 160 Å². The van der Waals surface area contributed by atoms with Crippen LogP contribution in [0.2, 0.25) is 0 Å². The van der Waals surface area contributed by atoms with Crippen molar-refractivity contribution in [1.82, 2.24) is 9.88 Å². The van der Waals surface area contributed by atoms with Crippen LogP contribution in [-0.2, 0) is 6.54 Å². The Morgan fingerprint density at radius 2 is 1.30 bits per heavy atom. The molecule has 5 aromatic rings. The molecule has 4 heteroatoms. The average molecular weight is 622 g/mol. The maximum Gasteiger partial charge on any atom is 0.258 e. The zero-order chi connectivity index (χ0) is 33.2. The van der Waals surface area contributed by atoms with Gasteiger partial charge in [-0.3, -0.25) is 14.7 Å². The van der Waals surface area contributed by atoms with E-state index in [-0.39, 0.29) is 11.9 Å². The predicted octanol–water partition coefficient (Wildman–Crippen LogP) is 9.89. The van der Waals surface area contributed by atoms with Crippen molar-refractivity contribution < 1.29 is 4.79 Å². The molecule has 1 saturated heterocycles. The summed E-state index contributed by atoms with van der Waals surface area (Å²) in [7, 11) is 0. The molecular formula is C43H47N3O. The minimum atomic E-state index is 0.0668. The first-order chi connectivity index (χ1) is 22.6. The molecule has 4 nitrogen and oxygen atoms in total. The van der Waals surface area contributed by atoms with E-state index in [1.54, 1.807) is 0 Å². The molecule has 0 aliphatic carbocycles. The monoisotopic (exact) mass is 621 g/mol. The molecule has 0 unspecified atom stereocenters. The van der Waals surface area contributed by atoms with Crippen molar-refractivity contribution in [1.29, 1.82) is 0 Å². The normalized spacial score (nSPS) is 13.9. The molecule has 0 bridgehead atoms. The second-order valence-electron chi connectivity index (χ2n) is 13.6. The lowest BCUT2D eigenvalue weighted by Gasteiger charge is -2.39. The lowest BCUT2D eigenvalue weighted by Crippen LogP contribution is -2.47. The quantitative estimate of drug-likeness (QED) is 0.182. The lowest BCUT2D eigenvalue weighted by molar-refractivity contribution is 0.0958. The number of hydrogen-bond acceptors (Lipinski definition) is 3. The van der Waals surface area contributed by atoms with Crippen molar-refractivity contribution in [3.05, 3.63) is 141 Å². The molecular weight excluding hydrogens is 574 g/mol. The summed E-state index contributed by atoms with van der Waals surface area (Å²) < 4.78 is 0. The molecule has 240 valence electrons. The fourth-order valence-electron chi connectivity index (χ4n) is 6.88. The third-order valence-corrected chi connectivity index (χ3v) is 10.3. The SMILES string of the molecule is Cc1ccc(N(C(=O)c2cccc(-c3cc(C)c(C)c(C)c3)c2)C2CCN(Cc3ccnc(-c4cc(C)c(C)c(C)c4)c3)CC2)cc1. The summed E-state index contributed by atoms with van der Waals surface area (Å²) >= 11 is 0. The van der Waals surface area contributed by atoms with Crippen LogP contribution < -0.4 is 4.90 Å². The number of anilines is 1. The second kappa shape index (κ2) is 13.7. The first-order valence-electron chi connectivity index (χ1n) is 16.9. The smallest absolute Gasteiger partial charge is 0.258 e. The van der Waals surface area contributed by atoms with Gasteiger partial charge < -0.3 is 4.90 Å². The van der Waals surface area contributed by atoms with Gasteiger partial charge in [-0.2, -0.15) is 0 Å². The van der Waals surface area contributed by atoms with E-state index in [1.807, 2.05) is 18.3 Å². The Kier molecular flexibility index (Phi) is 9.42. The molecule has 0 atom stereocenters. The molecule has 6 rings (SSSR count). The minimum absolute atomic E-state index is 0.0668. The number of carbonyl (C=O) groups is 1. The number of pyridine rings is 1. The summed E-state index contributed by atoms with van der Waals surface area (Å²) in [5.41, 5.74) is 16.4. The fourth-order valence-corrected chi connectivity index (χ4v) is 6.88. The highest BCUT2D eigenvalue weighted by Crippen LogP contribution is 2.31. The van der Waals surface area contributed by atoms with Gasteiger partial charge in [0.2, 0.25) is 0 Å². The first-order valence-corrected chi connectivity index (χ1v) is 16.9. The minimum Gasteiger partial charge on any atom is -0.305 e. The van der Waals surface area contributed by atoms with Gasteiger partial charge in [-0.25, -0.2) is 0 Å². The van der Waals surface area contributed by atoms with E-state index in [0.717, 1.165) is 60.5 Å². The Labute approximate surface area is 281 Å². The van der Waals surface area contributed by atoms with Crippen LogP contribution in [0, 0.1) is 48.5 Å². The van der Waals surface area contributed by atoms with Crippen molar-refractivity contribution >= 4 is 11.6 Å². The topological polar surface area (TPSA) is 36.4 Å². The Hall–Kier alpha value is -4.54. The maximum absolute atomic E-state index is 14.4. The van der Waals surface area contributed by atoms with Crippen molar-refractivity contribution in [2.24, 2.45) is 0 Å². The molecule has 1 fully saturated rings. The molecule has 0 saturated carbocycles. The number of rotatable bonds is 7. The number of amides is 1. The number of likely N-dealkylation sites (tertiary alicyclic amines) is 1. The highest BCUT2D eigenvalue weighted by Gasteiger charge is 2.30. The number of nitrogens with zero attached hydrogens (tertiary/aromatic N) is 3. The zero-order valence-corrected chi connectivity index (χ0v) is 29.0. The molecule has 1 aliphatic heterocycles. The van der Waals surface area contributed by atoms with Gasteiger partial charge >= 0.3 is 0 Å². The Morgan fingerprint density at radius 3 is 1.91 bits per heavy atom. The molecule has 1 amide bonds. The van der Waals surface area contributed by atoms with Crippen molar-refractivity contribution in [2.45, 2.75) is 73.9 Å². The van der Waals surface area contributed by atoms with Crippen LogP contribution in [0.3, 0.4) is 0 Å². The van der Waals surface area contributed by atoms with E-state index in [2.05, 4.69) is 131 Å². The van der Waals surface area contributed by atoms with E-state index in [9.17, 15) is 4.79 Å². The van der Waals surface area contributed by atoms with Gasteiger partial charge in [-0.15, -0.1) is 0 Å². The van der Waals surface area contributed by atoms with Crippen LogP contribution in [-0.4, -0.2) is 34.9 Å². The lowest BCUT2D eigenvalue weighted by atomic mass is 9.95. The van der Waals surface area contributed by atoms with Crippen molar-refractivity contribution in [3.63, 3.8) is 0 Å². The van der Waals surface area contributed by atoms with Gasteiger partial charge in [0, 0.05) is 48.7 Å². The zero-order valence-electron chi connectivity index (χ0n) is 29.0. The molecule has 47 heavy (non-hydrogen) atoms. The fraction of sp³-hybridized carbons (Fsp3) is 0.302. The van der Waals surface area contributed by atoms with Crippen LogP contribution in [0.15, 0.2) is 91.1 Å². The summed E-state index contributed by atoms with van der Waals surface area (Å²) in [6.07, 6.45) is 3.78. The van der Waals surface area contributed by atoms with E-state index >= 15 is 0 Å². The van der Waals surface area contributed by atoms with E-state index in [1.165, 1.54) is 50.1 Å². The van der Waals surface area contributed by atoms with Crippen molar-refractivity contribution in [2.75, 3.05) is 18.0 Å². The first kappa shape index (κ1) is 32.4. The summed E-state index contributed by atoms with van der Waals surface area (Å²) in [6.45, 7) is 17.8. The third kappa shape index (κ3) is 7.08. The van der Waals surface area contributed by atoms with Gasteiger partial charge in [0.1, 0.15) is 0 Å². The van der Waals surface area contributed by atoms with Crippen LogP contribution >= 0.6 is 0 Å². The Balaban J connectivity index is 1.21. The molecule has 0 spiro atoms. The third-order valence-electron chi connectivity index (χ3n) is 10.3. The van der Waals surface area contributed by atoms with E-state index in [4.69, 9.17) is 4.98 Å². The van der Waals surface area contributed by atoms with E-state index in [0.29, 0.717) is 0 Å². The average Bonchev–Trinajstić information content (AvgIpc) is 3.07. The number of carbonyl (C=O) groups excluding carboxylic acids is 1. The van der Waals surface area contributed by atoms with Gasteiger partial charge in [0.05, 0.1) is 5.69 Å². The molecule has 0 radical (unpaired) electrons. The molecule has 0 N–H and O–H groups in total. The number of aryl methyl sites for hydroxylation is 5. The Morgan fingerprint density at radius 1 is 0.702 bits per heavy atom. The molecule has 2 heterocycles. The molecule has 4 aromatic carbocycles.